The Labute approximate surface area is 81.5 Å². The molecule has 0 amide bonds. The van der Waals surface area contributed by atoms with Crippen LogP contribution in [0, 0.1) is 0 Å². The van der Waals surface area contributed by atoms with Gasteiger partial charge >= 0.3 is 0 Å². The van der Waals surface area contributed by atoms with E-state index in [1.165, 1.54) is 12.1 Å². The van der Waals surface area contributed by atoms with Gasteiger partial charge in [-0.15, -0.1) is 11.6 Å². The normalized spacial score (nSPS) is 12.5. The topological polar surface area (TPSA) is 49.7 Å². The monoisotopic (exact) mass is 202 g/mol. The lowest BCUT2D eigenvalue weighted by atomic mass is 10.3. The van der Waals surface area contributed by atoms with Gasteiger partial charge in [0.2, 0.25) is 0 Å². The average molecular weight is 203 g/mol. The molecule has 1 atom stereocenters. The highest BCUT2D eigenvalue weighted by Gasteiger charge is 2.02. The van der Waals surface area contributed by atoms with E-state index >= 15 is 0 Å². The fourth-order valence-corrected chi connectivity index (χ4v) is 0.868. The van der Waals surface area contributed by atoms with Crippen LogP contribution in [-0.4, -0.2) is 28.8 Å². The molecule has 2 N–H and O–H groups in total. The van der Waals surface area contributed by atoms with Crippen LogP contribution in [-0.2, 0) is 0 Å². The fraction of sp³-hybridized carbons (Fsp3) is 0.333. The van der Waals surface area contributed by atoms with Crippen molar-refractivity contribution in [1.82, 2.24) is 0 Å². The number of aliphatic hydroxyl groups excluding tert-OH is 1. The highest BCUT2D eigenvalue weighted by atomic mass is 35.5. The number of hydrogen-bond donors (Lipinski definition) is 2. The van der Waals surface area contributed by atoms with Crippen molar-refractivity contribution in [2.24, 2.45) is 0 Å². The molecule has 1 rings (SSSR count). The predicted molar refractivity (Wildman–Crippen MR) is 50.3 cm³/mol. The molecule has 0 aromatic heterocycles. The Morgan fingerprint density at radius 3 is 2.46 bits per heavy atom. The zero-order valence-electron chi connectivity index (χ0n) is 6.98. The van der Waals surface area contributed by atoms with Crippen molar-refractivity contribution in [1.29, 1.82) is 0 Å². The van der Waals surface area contributed by atoms with Crippen molar-refractivity contribution in [2.75, 3.05) is 12.5 Å². The molecule has 0 bridgehead atoms. The van der Waals surface area contributed by atoms with Gasteiger partial charge in [0.25, 0.3) is 0 Å². The maximum atomic E-state index is 9.07. The Hall–Kier alpha value is -0.930. The molecule has 13 heavy (non-hydrogen) atoms. The van der Waals surface area contributed by atoms with E-state index in [9.17, 15) is 0 Å². The SMILES string of the molecule is Oc1ccc(OC[C@@H](O)CCl)cc1. The number of phenols is 1. The first-order valence-electron chi connectivity index (χ1n) is 3.88. The Morgan fingerprint density at radius 2 is 1.92 bits per heavy atom. The molecule has 0 radical (unpaired) electrons. The molecular weight excluding hydrogens is 192 g/mol. The summed E-state index contributed by atoms with van der Waals surface area (Å²) in [7, 11) is 0. The number of alkyl halides is 1. The Morgan fingerprint density at radius 1 is 1.31 bits per heavy atom. The summed E-state index contributed by atoms with van der Waals surface area (Å²) in [6.45, 7) is 0.161. The molecule has 0 aliphatic carbocycles. The van der Waals surface area contributed by atoms with Crippen LogP contribution in [0.5, 0.6) is 11.5 Å². The molecule has 3 nitrogen and oxygen atoms in total. The van der Waals surface area contributed by atoms with Crippen molar-refractivity contribution in [2.45, 2.75) is 6.10 Å². The van der Waals surface area contributed by atoms with Crippen LogP contribution in [0.3, 0.4) is 0 Å². The predicted octanol–water partition coefficient (Wildman–Crippen LogP) is 1.37. The molecule has 0 unspecified atom stereocenters. The second kappa shape index (κ2) is 4.94. The molecule has 0 saturated heterocycles. The van der Waals surface area contributed by atoms with Crippen molar-refractivity contribution in [3.05, 3.63) is 24.3 Å². The Bertz CT molecular complexity index is 248. The van der Waals surface area contributed by atoms with Crippen molar-refractivity contribution in [3.63, 3.8) is 0 Å². The number of halogens is 1. The van der Waals surface area contributed by atoms with Crippen LogP contribution in [0.1, 0.15) is 0 Å². The van der Waals surface area contributed by atoms with Crippen molar-refractivity contribution < 1.29 is 14.9 Å². The summed E-state index contributed by atoms with van der Waals surface area (Å²) in [6.07, 6.45) is -0.657. The van der Waals surface area contributed by atoms with Gasteiger partial charge in [0.05, 0.1) is 5.88 Å². The standard InChI is InChI=1S/C9H11ClO3/c10-5-8(12)6-13-9-3-1-7(11)2-4-9/h1-4,8,11-12H,5-6H2/t8-/m0/s1. The first kappa shape index (κ1) is 10.2. The van der Waals surface area contributed by atoms with E-state index in [1.807, 2.05) is 0 Å². The lowest BCUT2D eigenvalue weighted by molar-refractivity contribution is 0.125. The molecule has 72 valence electrons. The molecule has 0 aliphatic rings. The van der Waals surface area contributed by atoms with E-state index in [0.717, 1.165) is 0 Å². The number of aromatic hydroxyl groups is 1. The van der Waals surface area contributed by atoms with E-state index in [2.05, 4.69) is 0 Å². The number of benzene rings is 1. The summed E-state index contributed by atoms with van der Waals surface area (Å²) in [6, 6.07) is 6.28. The van der Waals surface area contributed by atoms with Crippen LogP contribution in [0.4, 0.5) is 0 Å². The van der Waals surface area contributed by atoms with Gasteiger partial charge in [-0.25, -0.2) is 0 Å². The minimum atomic E-state index is -0.657. The number of phenolic OH excluding ortho intramolecular Hbond substituents is 1. The van der Waals surface area contributed by atoms with Crippen molar-refractivity contribution >= 4 is 11.6 Å². The van der Waals surface area contributed by atoms with Gasteiger partial charge in [-0.05, 0) is 24.3 Å². The third kappa shape index (κ3) is 3.53. The number of ether oxygens (including phenoxy) is 1. The van der Waals surface area contributed by atoms with E-state index < -0.39 is 6.10 Å². The van der Waals surface area contributed by atoms with Gasteiger partial charge in [-0.1, -0.05) is 0 Å². The summed E-state index contributed by atoms with van der Waals surface area (Å²) in [4.78, 5) is 0. The summed E-state index contributed by atoms with van der Waals surface area (Å²) < 4.78 is 5.17. The number of hydrogen-bond acceptors (Lipinski definition) is 3. The smallest absolute Gasteiger partial charge is 0.119 e. The highest BCUT2D eigenvalue weighted by Crippen LogP contribution is 2.15. The summed E-state index contributed by atoms with van der Waals surface area (Å²) in [5.41, 5.74) is 0. The maximum absolute atomic E-state index is 9.07. The molecule has 1 aromatic carbocycles. The zero-order valence-corrected chi connectivity index (χ0v) is 7.74. The van der Waals surface area contributed by atoms with E-state index in [0.29, 0.717) is 5.75 Å². The molecule has 0 heterocycles. The van der Waals surface area contributed by atoms with Gasteiger partial charge in [0.1, 0.15) is 24.2 Å². The van der Waals surface area contributed by atoms with E-state index in [-0.39, 0.29) is 18.2 Å². The first-order valence-corrected chi connectivity index (χ1v) is 4.41. The van der Waals surface area contributed by atoms with E-state index in [4.69, 9.17) is 26.6 Å². The minimum absolute atomic E-state index is 0.151. The molecule has 0 aliphatic heterocycles. The molecule has 0 saturated carbocycles. The summed E-state index contributed by atoms with van der Waals surface area (Å²) >= 11 is 5.37. The van der Waals surface area contributed by atoms with Gasteiger partial charge in [-0.2, -0.15) is 0 Å². The van der Waals surface area contributed by atoms with Gasteiger partial charge in [0.15, 0.2) is 0 Å². The fourth-order valence-electron chi connectivity index (χ4n) is 0.779. The molecule has 4 heteroatoms. The zero-order chi connectivity index (χ0) is 9.68. The number of rotatable bonds is 4. The molecule has 0 spiro atoms. The first-order chi connectivity index (χ1) is 6.22. The minimum Gasteiger partial charge on any atom is -0.508 e. The maximum Gasteiger partial charge on any atom is 0.119 e. The Balaban J connectivity index is 2.41. The van der Waals surface area contributed by atoms with Crippen LogP contribution in [0.25, 0.3) is 0 Å². The van der Waals surface area contributed by atoms with Crippen LogP contribution < -0.4 is 4.74 Å². The summed E-state index contributed by atoms with van der Waals surface area (Å²) in [5, 5.41) is 18.0. The molecular formula is C9H11ClO3. The quantitative estimate of drug-likeness (QED) is 0.726. The molecule has 0 fully saturated rings. The van der Waals surface area contributed by atoms with E-state index in [1.54, 1.807) is 12.1 Å². The van der Waals surface area contributed by atoms with Gasteiger partial charge < -0.3 is 14.9 Å². The highest BCUT2D eigenvalue weighted by molar-refractivity contribution is 6.18. The summed E-state index contributed by atoms with van der Waals surface area (Å²) in [5.74, 6) is 0.935. The second-order valence-electron chi connectivity index (χ2n) is 2.61. The third-order valence-electron chi connectivity index (χ3n) is 1.46. The largest absolute Gasteiger partial charge is 0.508 e. The van der Waals surface area contributed by atoms with Gasteiger partial charge in [0, 0.05) is 0 Å². The second-order valence-corrected chi connectivity index (χ2v) is 2.92. The van der Waals surface area contributed by atoms with Crippen LogP contribution in [0.15, 0.2) is 24.3 Å². The lowest BCUT2D eigenvalue weighted by Gasteiger charge is -2.09. The number of aliphatic hydroxyl groups is 1. The van der Waals surface area contributed by atoms with Gasteiger partial charge in [-0.3, -0.25) is 0 Å². The van der Waals surface area contributed by atoms with Crippen molar-refractivity contribution in [3.8, 4) is 11.5 Å². The third-order valence-corrected chi connectivity index (χ3v) is 1.81. The molecule has 1 aromatic rings. The Kier molecular flexibility index (Phi) is 3.86. The lowest BCUT2D eigenvalue weighted by Crippen LogP contribution is -2.18. The average Bonchev–Trinajstić information content (AvgIpc) is 2.16. The van der Waals surface area contributed by atoms with Crippen LogP contribution in [0.2, 0.25) is 0 Å². The van der Waals surface area contributed by atoms with Crippen LogP contribution >= 0.6 is 11.6 Å².